The highest BCUT2D eigenvalue weighted by Gasteiger charge is 2.49. The molecular weight excluding hydrogens is 250 g/mol. The monoisotopic (exact) mass is 275 g/mol. The van der Waals surface area contributed by atoms with E-state index in [4.69, 9.17) is 4.74 Å². The van der Waals surface area contributed by atoms with Crippen molar-refractivity contribution in [3.8, 4) is 5.75 Å². The molecule has 0 heterocycles. The SMILES string of the molecule is CCOC1CC(NC2CCc3c(O)cccc32)C1(C)C. The standard InChI is InChI=1S/C17H25NO2/c1-4-20-16-10-15(17(16,2)3)18-13-9-8-12-11(13)6-5-7-14(12)19/h5-7,13,15-16,18-19H,4,8-10H2,1-3H3. The van der Waals surface area contributed by atoms with Gasteiger partial charge in [0.05, 0.1) is 6.10 Å². The topological polar surface area (TPSA) is 41.5 Å². The van der Waals surface area contributed by atoms with E-state index in [0.29, 0.717) is 23.9 Å². The molecule has 3 nitrogen and oxygen atoms in total. The molecule has 0 amide bonds. The van der Waals surface area contributed by atoms with E-state index in [2.05, 4.69) is 32.2 Å². The molecule has 3 unspecified atom stereocenters. The van der Waals surface area contributed by atoms with Crippen LogP contribution < -0.4 is 5.32 Å². The van der Waals surface area contributed by atoms with Gasteiger partial charge >= 0.3 is 0 Å². The smallest absolute Gasteiger partial charge is 0.119 e. The van der Waals surface area contributed by atoms with E-state index in [9.17, 15) is 5.11 Å². The van der Waals surface area contributed by atoms with Crippen molar-refractivity contribution < 1.29 is 9.84 Å². The Balaban J connectivity index is 1.69. The second-order valence-electron chi connectivity index (χ2n) is 6.66. The van der Waals surface area contributed by atoms with Crippen LogP contribution in [0.1, 0.15) is 50.8 Å². The highest BCUT2D eigenvalue weighted by Crippen LogP contribution is 2.45. The Morgan fingerprint density at radius 2 is 2.20 bits per heavy atom. The average molecular weight is 275 g/mol. The number of phenols is 1. The number of hydrogen-bond donors (Lipinski definition) is 2. The summed E-state index contributed by atoms with van der Waals surface area (Å²) in [5.41, 5.74) is 2.60. The van der Waals surface area contributed by atoms with Gasteiger partial charge in [-0.25, -0.2) is 0 Å². The Kier molecular flexibility index (Phi) is 3.51. The fourth-order valence-electron chi connectivity index (χ4n) is 3.70. The van der Waals surface area contributed by atoms with Gasteiger partial charge < -0.3 is 15.2 Å². The molecule has 1 aromatic carbocycles. The van der Waals surface area contributed by atoms with E-state index in [1.807, 2.05) is 6.07 Å². The lowest BCUT2D eigenvalue weighted by Crippen LogP contribution is -2.61. The molecule has 2 N–H and O–H groups in total. The molecule has 0 radical (unpaired) electrons. The maximum absolute atomic E-state index is 9.92. The zero-order valence-electron chi connectivity index (χ0n) is 12.6. The minimum absolute atomic E-state index is 0.190. The summed E-state index contributed by atoms with van der Waals surface area (Å²) in [6.45, 7) is 7.42. The Morgan fingerprint density at radius 3 is 2.90 bits per heavy atom. The number of hydrogen-bond acceptors (Lipinski definition) is 3. The van der Waals surface area contributed by atoms with Gasteiger partial charge in [0.25, 0.3) is 0 Å². The summed E-state index contributed by atoms with van der Waals surface area (Å²) in [5, 5.41) is 13.7. The number of ether oxygens (including phenoxy) is 1. The number of fused-ring (bicyclic) bond motifs is 1. The van der Waals surface area contributed by atoms with Gasteiger partial charge in [0.1, 0.15) is 5.75 Å². The van der Waals surface area contributed by atoms with E-state index in [0.717, 1.165) is 31.4 Å². The minimum atomic E-state index is 0.190. The van der Waals surface area contributed by atoms with Crippen LogP contribution in [0.2, 0.25) is 0 Å². The first-order chi connectivity index (χ1) is 9.54. The van der Waals surface area contributed by atoms with Gasteiger partial charge in [-0.1, -0.05) is 26.0 Å². The van der Waals surface area contributed by atoms with Gasteiger partial charge in [-0.15, -0.1) is 0 Å². The van der Waals surface area contributed by atoms with Crippen molar-refractivity contribution in [2.45, 2.75) is 58.2 Å². The van der Waals surface area contributed by atoms with Gasteiger partial charge in [-0.05, 0) is 43.4 Å². The van der Waals surface area contributed by atoms with Gasteiger partial charge in [0.15, 0.2) is 0 Å². The molecule has 20 heavy (non-hydrogen) atoms. The summed E-state index contributed by atoms with van der Waals surface area (Å²) >= 11 is 0. The van der Waals surface area contributed by atoms with E-state index in [-0.39, 0.29) is 5.41 Å². The third-order valence-electron chi connectivity index (χ3n) is 5.19. The van der Waals surface area contributed by atoms with E-state index in [1.54, 1.807) is 6.07 Å². The Morgan fingerprint density at radius 1 is 1.40 bits per heavy atom. The van der Waals surface area contributed by atoms with E-state index < -0.39 is 0 Å². The first-order valence-corrected chi connectivity index (χ1v) is 7.72. The molecule has 3 rings (SSSR count). The van der Waals surface area contributed by atoms with Crippen molar-refractivity contribution in [1.82, 2.24) is 5.32 Å². The fraction of sp³-hybridized carbons (Fsp3) is 0.647. The van der Waals surface area contributed by atoms with Crippen molar-refractivity contribution in [3.63, 3.8) is 0 Å². The molecule has 110 valence electrons. The quantitative estimate of drug-likeness (QED) is 0.887. The predicted octanol–water partition coefficient (Wildman–Crippen LogP) is 3.17. The lowest BCUT2D eigenvalue weighted by molar-refractivity contribution is -0.116. The second kappa shape index (κ2) is 5.05. The second-order valence-corrected chi connectivity index (χ2v) is 6.66. The van der Waals surface area contributed by atoms with Crippen LogP contribution in [0.25, 0.3) is 0 Å². The van der Waals surface area contributed by atoms with Crippen molar-refractivity contribution >= 4 is 0 Å². The van der Waals surface area contributed by atoms with Crippen LogP contribution in [0.3, 0.4) is 0 Å². The molecule has 0 saturated heterocycles. The lowest BCUT2D eigenvalue weighted by atomic mass is 9.64. The predicted molar refractivity (Wildman–Crippen MR) is 79.9 cm³/mol. The van der Waals surface area contributed by atoms with Crippen LogP contribution in [0.15, 0.2) is 18.2 Å². The normalized spacial score (nSPS) is 30.9. The molecular formula is C17H25NO2. The molecule has 0 aromatic heterocycles. The molecule has 0 spiro atoms. The Bertz CT molecular complexity index is 498. The molecule has 2 aliphatic rings. The number of aromatic hydroxyl groups is 1. The van der Waals surface area contributed by atoms with Crippen molar-refractivity contribution in [2.75, 3.05) is 6.61 Å². The molecule has 1 saturated carbocycles. The van der Waals surface area contributed by atoms with Crippen molar-refractivity contribution in [2.24, 2.45) is 5.41 Å². The number of nitrogens with one attached hydrogen (secondary N) is 1. The molecule has 2 aliphatic carbocycles. The Hall–Kier alpha value is -1.06. The van der Waals surface area contributed by atoms with Gasteiger partial charge in [-0.3, -0.25) is 0 Å². The number of phenolic OH excluding ortho intramolecular Hbond substituents is 1. The van der Waals surface area contributed by atoms with Crippen LogP contribution in [0.5, 0.6) is 5.75 Å². The molecule has 3 atom stereocenters. The van der Waals surface area contributed by atoms with E-state index in [1.165, 1.54) is 5.56 Å². The first kappa shape index (κ1) is 13.9. The summed E-state index contributed by atoms with van der Waals surface area (Å²) in [5.74, 6) is 0.451. The maximum atomic E-state index is 9.92. The summed E-state index contributed by atoms with van der Waals surface area (Å²) in [6.07, 6.45) is 3.52. The summed E-state index contributed by atoms with van der Waals surface area (Å²) in [7, 11) is 0. The van der Waals surface area contributed by atoms with Crippen molar-refractivity contribution in [3.05, 3.63) is 29.3 Å². The molecule has 1 fully saturated rings. The van der Waals surface area contributed by atoms with Crippen molar-refractivity contribution in [1.29, 1.82) is 0 Å². The first-order valence-electron chi connectivity index (χ1n) is 7.72. The van der Waals surface area contributed by atoms with Crippen LogP contribution in [-0.4, -0.2) is 23.9 Å². The van der Waals surface area contributed by atoms with Gasteiger partial charge in [0, 0.05) is 24.1 Å². The molecule has 3 heteroatoms. The lowest BCUT2D eigenvalue weighted by Gasteiger charge is -2.52. The number of rotatable bonds is 4. The maximum Gasteiger partial charge on any atom is 0.119 e. The molecule has 1 aromatic rings. The van der Waals surface area contributed by atoms with Crippen LogP contribution >= 0.6 is 0 Å². The largest absolute Gasteiger partial charge is 0.508 e. The zero-order valence-corrected chi connectivity index (χ0v) is 12.6. The Labute approximate surface area is 121 Å². The third kappa shape index (κ3) is 2.13. The molecule has 0 aliphatic heterocycles. The number of benzene rings is 1. The van der Waals surface area contributed by atoms with Crippen LogP contribution in [0.4, 0.5) is 0 Å². The highest BCUT2D eigenvalue weighted by molar-refractivity contribution is 5.44. The van der Waals surface area contributed by atoms with Crippen LogP contribution in [-0.2, 0) is 11.2 Å². The summed E-state index contributed by atoms with van der Waals surface area (Å²) in [6, 6.07) is 6.76. The van der Waals surface area contributed by atoms with E-state index >= 15 is 0 Å². The van der Waals surface area contributed by atoms with Gasteiger partial charge in [0.2, 0.25) is 0 Å². The molecule has 0 bridgehead atoms. The fourth-order valence-corrected chi connectivity index (χ4v) is 3.70. The zero-order chi connectivity index (χ0) is 14.3. The highest BCUT2D eigenvalue weighted by atomic mass is 16.5. The summed E-state index contributed by atoms with van der Waals surface area (Å²) < 4.78 is 5.80. The minimum Gasteiger partial charge on any atom is -0.508 e. The third-order valence-corrected chi connectivity index (χ3v) is 5.19. The average Bonchev–Trinajstić information content (AvgIpc) is 2.82. The summed E-state index contributed by atoms with van der Waals surface area (Å²) in [4.78, 5) is 0. The van der Waals surface area contributed by atoms with Crippen LogP contribution in [0, 0.1) is 5.41 Å². The van der Waals surface area contributed by atoms with Gasteiger partial charge in [-0.2, -0.15) is 0 Å².